The lowest BCUT2D eigenvalue weighted by Gasteiger charge is -2.28. The molecular formula is C28H33F3O2. The Morgan fingerprint density at radius 3 is 2.21 bits per heavy atom. The second-order valence-corrected chi connectivity index (χ2v) is 9.64. The molecule has 0 amide bonds. The molecule has 2 saturated carbocycles. The van der Waals surface area contributed by atoms with Crippen molar-refractivity contribution in [3.63, 3.8) is 0 Å². The van der Waals surface area contributed by atoms with E-state index in [1.165, 1.54) is 7.11 Å². The van der Waals surface area contributed by atoms with E-state index in [1.807, 2.05) is 12.1 Å². The monoisotopic (exact) mass is 458 g/mol. The van der Waals surface area contributed by atoms with Gasteiger partial charge >= 0.3 is 0 Å². The van der Waals surface area contributed by atoms with Gasteiger partial charge in [0.15, 0.2) is 23.2 Å². The smallest absolute Gasteiger partial charge is 0.166 e. The van der Waals surface area contributed by atoms with Crippen molar-refractivity contribution in [2.45, 2.75) is 63.2 Å². The van der Waals surface area contributed by atoms with Crippen LogP contribution in [0.3, 0.4) is 0 Å². The van der Waals surface area contributed by atoms with Gasteiger partial charge in [-0.3, -0.25) is 0 Å². The quantitative estimate of drug-likeness (QED) is 0.490. The van der Waals surface area contributed by atoms with E-state index in [2.05, 4.69) is 0 Å². The summed E-state index contributed by atoms with van der Waals surface area (Å²) in [5, 5.41) is 9.29. The third-order valence-electron chi connectivity index (χ3n) is 7.65. The van der Waals surface area contributed by atoms with Crippen LogP contribution in [-0.2, 0) is 0 Å². The number of rotatable bonds is 6. The Morgan fingerprint density at radius 2 is 1.58 bits per heavy atom. The first kappa shape index (κ1) is 23.9. The average molecular weight is 459 g/mol. The van der Waals surface area contributed by atoms with Gasteiger partial charge in [-0.05, 0) is 98.3 Å². The van der Waals surface area contributed by atoms with Crippen LogP contribution in [0.15, 0.2) is 36.4 Å². The zero-order chi connectivity index (χ0) is 23.4. The third kappa shape index (κ3) is 5.46. The van der Waals surface area contributed by atoms with Crippen LogP contribution in [0, 0.1) is 29.3 Å². The minimum absolute atomic E-state index is 0.0263. The molecule has 0 spiro atoms. The van der Waals surface area contributed by atoms with E-state index in [-0.39, 0.29) is 30.0 Å². The number of halogens is 3. The predicted molar refractivity (Wildman–Crippen MR) is 125 cm³/mol. The molecule has 0 aliphatic heterocycles. The lowest BCUT2D eigenvalue weighted by Crippen LogP contribution is -2.17. The highest BCUT2D eigenvalue weighted by Gasteiger charge is 2.26. The Labute approximate surface area is 194 Å². The molecular weight excluding hydrogens is 425 g/mol. The number of benzene rings is 2. The van der Waals surface area contributed by atoms with Gasteiger partial charge in [0, 0.05) is 12.2 Å². The van der Waals surface area contributed by atoms with Crippen molar-refractivity contribution in [1.82, 2.24) is 0 Å². The summed E-state index contributed by atoms with van der Waals surface area (Å²) in [5.74, 6) is -0.642. The fourth-order valence-corrected chi connectivity index (χ4v) is 5.50. The van der Waals surface area contributed by atoms with Crippen LogP contribution in [0.2, 0.25) is 0 Å². The molecule has 2 aliphatic rings. The van der Waals surface area contributed by atoms with Gasteiger partial charge in [-0.2, -0.15) is 0 Å². The van der Waals surface area contributed by atoms with Crippen molar-refractivity contribution < 1.29 is 23.0 Å². The number of hydrogen-bond acceptors (Lipinski definition) is 2. The van der Waals surface area contributed by atoms with Gasteiger partial charge in [0.25, 0.3) is 0 Å². The number of allylic oxidation sites excluding steroid dienone is 1. The van der Waals surface area contributed by atoms with Crippen LogP contribution in [0.1, 0.15) is 79.9 Å². The van der Waals surface area contributed by atoms with Crippen molar-refractivity contribution in [2.24, 2.45) is 11.8 Å². The second-order valence-electron chi connectivity index (χ2n) is 9.64. The fourth-order valence-electron chi connectivity index (χ4n) is 5.50. The van der Waals surface area contributed by atoms with Crippen LogP contribution in [0.25, 0.3) is 6.08 Å². The van der Waals surface area contributed by atoms with Crippen LogP contribution in [-0.4, -0.2) is 18.8 Å². The Bertz CT molecular complexity index is 971. The molecule has 2 fully saturated rings. The summed E-state index contributed by atoms with van der Waals surface area (Å²) in [5.41, 5.74) is 1.75. The topological polar surface area (TPSA) is 29.5 Å². The summed E-state index contributed by atoms with van der Waals surface area (Å²) in [4.78, 5) is 0. The van der Waals surface area contributed by atoms with Crippen molar-refractivity contribution in [2.75, 3.05) is 13.7 Å². The molecule has 2 aromatic carbocycles. The molecule has 4 rings (SSSR count). The van der Waals surface area contributed by atoms with E-state index in [0.717, 1.165) is 56.9 Å². The Kier molecular flexibility index (Phi) is 7.79. The summed E-state index contributed by atoms with van der Waals surface area (Å²) < 4.78 is 48.6. The molecule has 0 saturated heterocycles. The number of methoxy groups -OCH3 is 1. The highest BCUT2D eigenvalue weighted by Crippen LogP contribution is 2.39. The highest BCUT2D eigenvalue weighted by atomic mass is 19.2. The normalized spacial score (nSPS) is 26.0. The molecule has 0 bridgehead atoms. The van der Waals surface area contributed by atoms with Gasteiger partial charge in [-0.15, -0.1) is 0 Å². The maximum absolute atomic E-state index is 14.8. The first-order valence-corrected chi connectivity index (χ1v) is 12.1. The van der Waals surface area contributed by atoms with E-state index in [0.29, 0.717) is 23.0 Å². The van der Waals surface area contributed by atoms with Gasteiger partial charge in [0.1, 0.15) is 0 Å². The summed E-state index contributed by atoms with van der Waals surface area (Å²) in [6, 6.07) is 8.59. The van der Waals surface area contributed by atoms with E-state index in [9.17, 15) is 18.3 Å². The summed E-state index contributed by atoms with van der Waals surface area (Å²) in [6.45, 7) is 0.173. The molecule has 0 unspecified atom stereocenters. The van der Waals surface area contributed by atoms with Crippen molar-refractivity contribution in [3.8, 4) is 5.75 Å². The first-order valence-electron chi connectivity index (χ1n) is 12.1. The van der Waals surface area contributed by atoms with Gasteiger partial charge < -0.3 is 9.84 Å². The molecule has 0 aromatic heterocycles. The van der Waals surface area contributed by atoms with E-state index in [4.69, 9.17) is 4.74 Å². The molecule has 0 atom stereocenters. The first-order chi connectivity index (χ1) is 16.0. The number of aliphatic hydroxyl groups excluding tert-OH is 1. The largest absolute Gasteiger partial charge is 0.494 e. The zero-order valence-corrected chi connectivity index (χ0v) is 19.2. The van der Waals surface area contributed by atoms with E-state index < -0.39 is 11.6 Å². The molecule has 2 aliphatic carbocycles. The molecule has 0 radical (unpaired) electrons. The number of ether oxygens (including phenoxy) is 1. The summed E-state index contributed by atoms with van der Waals surface area (Å²) in [6.07, 6.45) is 10.7. The average Bonchev–Trinajstić information content (AvgIpc) is 2.85. The minimum atomic E-state index is -0.768. The molecule has 1 N–H and O–H groups in total. The van der Waals surface area contributed by atoms with Crippen molar-refractivity contribution in [3.05, 3.63) is 70.5 Å². The maximum atomic E-state index is 14.8. The molecule has 33 heavy (non-hydrogen) atoms. The molecule has 178 valence electrons. The minimum Gasteiger partial charge on any atom is -0.494 e. The molecule has 2 aromatic rings. The van der Waals surface area contributed by atoms with Crippen LogP contribution in [0.4, 0.5) is 13.2 Å². The predicted octanol–water partition coefficient (Wildman–Crippen LogP) is 7.37. The van der Waals surface area contributed by atoms with Gasteiger partial charge in [-0.25, -0.2) is 13.2 Å². The maximum Gasteiger partial charge on any atom is 0.166 e. The van der Waals surface area contributed by atoms with E-state index >= 15 is 0 Å². The van der Waals surface area contributed by atoms with Crippen LogP contribution < -0.4 is 4.74 Å². The molecule has 2 nitrogen and oxygen atoms in total. The van der Waals surface area contributed by atoms with Gasteiger partial charge in [0.05, 0.1) is 7.11 Å². The van der Waals surface area contributed by atoms with Crippen LogP contribution in [0.5, 0.6) is 5.75 Å². The second kappa shape index (κ2) is 10.8. The standard InChI is InChI=1S/C28H33F3O2/c1-33-26-15-13-23(16-25(26)29)20-7-2-18(3-8-20)4-11-22-12-14-24(28(31)27(22)30)21-9-5-19(17-32)6-10-21/h4,11-16,18-21,32H,2-3,5-10,17H2,1H3/b11-4+. The zero-order valence-electron chi connectivity index (χ0n) is 19.2. The lowest BCUT2D eigenvalue weighted by atomic mass is 9.78. The SMILES string of the molecule is COc1ccc(C2CCC(/C=C/c3ccc(C4CCC(CO)CC4)c(F)c3F)CC2)cc1F. The Hall–Kier alpha value is -2.27. The number of aliphatic hydroxyl groups is 1. The Morgan fingerprint density at radius 1 is 0.879 bits per heavy atom. The Balaban J connectivity index is 1.36. The van der Waals surface area contributed by atoms with Gasteiger partial charge in [-0.1, -0.05) is 30.4 Å². The summed E-state index contributed by atoms with van der Waals surface area (Å²) in [7, 11) is 1.46. The van der Waals surface area contributed by atoms with Gasteiger partial charge in [0.2, 0.25) is 0 Å². The van der Waals surface area contributed by atoms with E-state index in [1.54, 1.807) is 30.3 Å². The highest BCUT2D eigenvalue weighted by molar-refractivity contribution is 5.52. The lowest BCUT2D eigenvalue weighted by molar-refractivity contribution is 0.181. The molecule has 5 heteroatoms. The van der Waals surface area contributed by atoms with Crippen molar-refractivity contribution in [1.29, 1.82) is 0 Å². The fraction of sp³-hybridized carbons (Fsp3) is 0.500. The number of hydrogen-bond donors (Lipinski definition) is 1. The third-order valence-corrected chi connectivity index (χ3v) is 7.65. The van der Waals surface area contributed by atoms with Crippen molar-refractivity contribution >= 4 is 6.08 Å². The molecule has 0 heterocycles. The van der Waals surface area contributed by atoms with Crippen LogP contribution >= 0.6 is 0 Å². The summed E-state index contributed by atoms with van der Waals surface area (Å²) >= 11 is 0.